The van der Waals surface area contributed by atoms with E-state index in [9.17, 15) is 14.4 Å². The monoisotopic (exact) mass is 418 g/mol. The van der Waals surface area contributed by atoms with Crippen molar-refractivity contribution in [2.75, 3.05) is 72.1 Å². The van der Waals surface area contributed by atoms with Crippen molar-refractivity contribution >= 4 is 17.9 Å². The minimum absolute atomic E-state index is 0.111. The lowest BCUT2D eigenvalue weighted by molar-refractivity contribution is -0.140. The first-order valence-electron chi connectivity index (χ1n) is 9.52. The predicted octanol–water partition coefficient (Wildman–Crippen LogP) is -1.35. The van der Waals surface area contributed by atoms with Gasteiger partial charge in [-0.2, -0.15) is 0 Å². The number of carboxylic acids is 3. The van der Waals surface area contributed by atoms with Crippen molar-refractivity contribution in [2.45, 2.75) is 13.3 Å². The Labute approximate surface area is 171 Å². The first kappa shape index (κ1) is 26.8. The van der Waals surface area contributed by atoms with E-state index in [1.54, 1.807) is 14.7 Å². The molecule has 168 valence electrons. The summed E-state index contributed by atoms with van der Waals surface area (Å²) in [5, 5.41) is 39.0. The molecule has 0 amide bonds. The fourth-order valence-electron chi connectivity index (χ4n) is 2.71. The average molecular weight is 418 g/mol. The molecule has 0 atom stereocenters. The molecule has 0 radical (unpaired) electrons. The van der Waals surface area contributed by atoms with Gasteiger partial charge < -0.3 is 25.7 Å². The SMILES string of the molecule is C=C(CO)NCCN(CCN(CCN(CCC)CC(=O)O)CC(=O)O)CC(=O)O. The average Bonchev–Trinajstić information content (AvgIpc) is 2.62. The Balaban J connectivity index is 4.75. The summed E-state index contributed by atoms with van der Waals surface area (Å²) in [4.78, 5) is 38.3. The molecule has 0 aromatic carbocycles. The van der Waals surface area contributed by atoms with Crippen LogP contribution < -0.4 is 5.32 Å². The summed E-state index contributed by atoms with van der Waals surface area (Å²) >= 11 is 0. The number of hydrogen-bond acceptors (Lipinski definition) is 8. The molecule has 0 bridgehead atoms. The Bertz CT molecular complexity index is 530. The summed E-state index contributed by atoms with van der Waals surface area (Å²) < 4.78 is 0. The van der Waals surface area contributed by atoms with Gasteiger partial charge in [-0.25, -0.2) is 0 Å². The van der Waals surface area contributed by atoms with Crippen LogP contribution >= 0.6 is 0 Å². The van der Waals surface area contributed by atoms with E-state index in [0.717, 1.165) is 6.42 Å². The van der Waals surface area contributed by atoms with Crippen molar-refractivity contribution in [1.82, 2.24) is 20.0 Å². The van der Waals surface area contributed by atoms with Gasteiger partial charge in [0.25, 0.3) is 0 Å². The Morgan fingerprint density at radius 2 is 1.14 bits per heavy atom. The Hall–Kier alpha value is -2.21. The van der Waals surface area contributed by atoms with Crippen LogP contribution in [0.5, 0.6) is 0 Å². The molecule has 0 aromatic heterocycles. The molecule has 0 saturated carbocycles. The largest absolute Gasteiger partial charge is 0.480 e. The molecule has 0 fully saturated rings. The Morgan fingerprint density at radius 3 is 1.48 bits per heavy atom. The van der Waals surface area contributed by atoms with Crippen LogP contribution in [0.4, 0.5) is 0 Å². The van der Waals surface area contributed by atoms with Crippen molar-refractivity contribution in [2.24, 2.45) is 0 Å². The molecule has 0 aliphatic carbocycles. The van der Waals surface area contributed by atoms with E-state index in [2.05, 4.69) is 11.9 Å². The molecule has 11 nitrogen and oxygen atoms in total. The van der Waals surface area contributed by atoms with Crippen LogP contribution in [0.15, 0.2) is 12.3 Å². The highest BCUT2D eigenvalue weighted by atomic mass is 16.4. The van der Waals surface area contributed by atoms with Crippen molar-refractivity contribution in [3.63, 3.8) is 0 Å². The third-order valence-electron chi connectivity index (χ3n) is 4.08. The summed E-state index contributed by atoms with van der Waals surface area (Å²) in [6.07, 6.45) is 0.782. The lowest BCUT2D eigenvalue weighted by Crippen LogP contribution is -2.45. The zero-order valence-electron chi connectivity index (χ0n) is 17.0. The molecule has 29 heavy (non-hydrogen) atoms. The molecule has 0 spiro atoms. The fraction of sp³-hybridized carbons (Fsp3) is 0.722. The van der Waals surface area contributed by atoms with E-state index in [1.807, 2.05) is 6.92 Å². The van der Waals surface area contributed by atoms with E-state index in [-0.39, 0.29) is 26.2 Å². The number of carbonyl (C=O) groups is 3. The van der Waals surface area contributed by atoms with Crippen LogP contribution in [0.3, 0.4) is 0 Å². The minimum Gasteiger partial charge on any atom is -0.480 e. The zero-order valence-corrected chi connectivity index (χ0v) is 17.0. The number of nitrogens with zero attached hydrogens (tertiary/aromatic N) is 3. The van der Waals surface area contributed by atoms with Gasteiger partial charge in [0.05, 0.1) is 26.2 Å². The van der Waals surface area contributed by atoms with Gasteiger partial charge >= 0.3 is 17.9 Å². The van der Waals surface area contributed by atoms with E-state index >= 15 is 0 Å². The van der Waals surface area contributed by atoms with E-state index < -0.39 is 17.9 Å². The number of rotatable bonds is 19. The minimum atomic E-state index is -1.00. The normalized spacial score (nSPS) is 11.2. The third kappa shape index (κ3) is 15.4. The molecule has 11 heteroatoms. The number of hydrogen-bond donors (Lipinski definition) is 5. The number of aliphatic carboxylic acids is 3. The van der Waals surface area contributed by atoms with Crippen LogP contribution in [0.2, 0.25) is 0 Å². The molecule has 0 unspecified atom stereocenters. The highest BCUT2D eigenvalue weighted by molar-refractivity contribution is 5.69. The van der Waals surface area contributed by atoms with Crippen LogP contribution in [-0.4, -0.2) is 125 Å². The van der Waals surface area contributed by atoms with Gasteiger partial charge in [-0.3, -0.25) is 29.1 Å². The van der Waals surface area contributed by atoms with E-state index in [4.69, 9.17) is 20.4 Å². The Kier molecular flexibility index (Phi) is 14.5. The predicted molar refractivity (Wildman–Crippen MR) is 107 cm³/mol. The maximum absolute atomic E-state index is 11.2. The van der Waals surface area contributed by atoms with Crippen LogP contribution in [0, 0.1) is 0 Å². The molecular formula is C18H34N4O7. The highest BCUT2D eigenvalue weighted by Gasteiger charge is 2.16. The van der Waals surface area contributed by atoms with Gasteiger partial charge in [-0.1, -0.05) is 13.5 Å². The first-order chi connectivity index (χ1) is 13.7. The van der Waals surface area contributed by atoms with Crippen molar-refractivity contribution in [1.29, 1.82) is 0 Å². The second-order valence-corrected chi connectivity index (χ2v) is 6.70. The quantitative estimate of drug-likeness (QED) is 0.169. The smallest absolute Gasteiger partial charge is 0.317 e. The maximum atomic E-state index is 11.2. The summed E-state index contributed by atoms with van der Waals surface area (Å²) in [5.74, 6) is -2.94. The van der Waals surface area contributed by atoms with Crippen LogP contribution in [0.1, 0.15) is 13.3 Å². The zero-order chi connectivity index (χ0) is 22.2. The summed E-state index contributed by atoms with van der Waals surface area (Å²) in [6.45, 7) is 7.60. The molecule has 0 heterocycles. The lowest BCUT2D eigenvalue weighted by Gasteiger charge is -2.28. The van der Waals surface area contributed by atoms with E-state index in [1.165, 1.54) is 0 Å². The molecular weight excluding hydrogens is 384 g/mol. The highest BCUT2D eigenvalue weighted by Crippen LogP contribution is 1.98. The summed E-state index contributed by atoms with van der Waals surface area (Å²) in [5.41, 5.74) is 0.433. The van der Waals surface area contributed by atoms with Crippen LogP contribution in [0.25, 0.3) is 0 Å². The van der Waals surface area contributed by atoms with Gasteiger partial charge in [0.2, 0.25) is 0 Å². The summed E-state index contributed by atoms with van der Waals surface area (Å²) in [7, 11) is 0. The Morgan fingerprint density at radius 1 is 0.759 bits per heavy atom. The molecule has 0 aliphatic heterocycles. The standard InChI is InChI=1S/C18H34N4O7/c1-3-5-20(11-16(24)25)7-9-22(13-18(28)29)10-8-21(12-17(26)27)6-4-19-15(2)14-23/h19,23H,2-14H2,1H3,(H,24,25)(H,26,27)(H,28,29). The first-order valence-corrected chi connectivity index (χ1v) is 9.52. The van der Waals surface area contributed by atoms with Gasteiger partial charge in [0.1, 0.15) is 0 Å². The lowest BCUT2D eigenvalue weighted by atomic mass is 10.3. The van der Waals surface area contributed by atoms with Crippen molar-refractivity contribution < 1.29 is 34.8 Å². The second-order valence-electron chi connectivity index (χ2n) is 6.70. The van der Waals surface area contributed by atoms with Crippen molar-refractivity contribution in [3.8, 4) is 0 Å². The second kappa shape index (κ2) is 15.7. The number of nitrogens with one attached hydrogen (secondary N) is 1. The van der Waals surface area contributed by atoms with Gasteiger partial charge in [-0.05, 0) is 13.0 Å². The molecule has 0 aromatic rings. The molecule has 0 rings (SSSR count). The molecule has 5 N–H and O–H groups in total. The number of aliphatic hydroxyl groups is 1. The molecule has 0 saturated heterocycles. The van der Waals surface area contributed by atoms with Gasteiger partial charge in [0.15, 0.2) is 0 Å². The maximum Gasteiger partial charge on any atom is 0.317 e. The number of aliphatic hydroxyl groups excluding tert-OH is 1. The third-order valence-corrected chi connectivity index (χ3v) is 4.08. The van der Waals surface area contributed by atoms with Crippen molar-refractivity contribution in [3.05, 3.63) is 12.3 Å². The fourth-order valence-corrected chi connectivity index (χ4v) is 2.71. The van der Waals surface area contributed by atoms with Crippen LogP contribution in [-0.2, 0) is 14.4 Å². The number of carboxylic acid groups (broad SMARTS) is 3. The molecule has 0 aliphatic rings. The van der Waals surface area contributed by atoms with Gasteiger partial charge in [0, 0.05) is 45.0 Å². The summed E-state index contributed by atoms with van der Waals surface area (Å²) in [6, 6.07) is 0. The topological polar surface area (TPSA) is 154 Å². The van der Waals surface area contributed by atoms with Gasteiger partial charge in [-0.15, -0.1) is 0 Å². The van der Waals surface area contributed by atoms with E-state index in [0.29, 0.717) is 51.5 Å².